The summed E-state index contributed by atoms with van der Waals surface area (Å²) in [5.74, 6) is 0.178. The zero-order valence-electron chi connectivity index (χ0n) is 12.7. The fraction of sp³-hybridized carbons (Fsp3) is 0.467. The molecule has 2 aromatic rings. The molecule has 0 unspecified atom stereocenters. The number of thiazole rings is 1. The minimum absolute atomic E-state index is 0.117. The topological polar surface area (TPSA) is 68.1 Å². The SMILES string of the molecule is Cc1csc([C@@H]2CCCN(C(=O)c3ccc(=O)n(C)n3)C2)n1. The van der Waals surface area contributed by atoms with Gasteiger partial charge in [-0.05, 0) is 25.8 Å². The van der Waals surface area contributed by atoms with Crippen molar-refractivity contribution >= 4 is 17.2 Å². The molecule has 1 saturated heterocycles. The molecule has 3 heterocycles. The second-order valence-electron chi connectivity index (χ2n) is 5.60. The highest BCUT2D eigenvalue weighted by atomic mass is 32.1. The standard InChI is InChI=1S/C15H18N4O2S/c1-10-9-22-14(16-10)11-4-3-7-19(8-11)15(21)12-5-6-13(20)18(2)17-12/h5-6,9,11H,3-4,7-8H2,1-2H3/t11-/m1/s1. The van der Waals surface area contributed by atoms with Gasteiger partial charge in [0.15, 0.2) is 0 Å². The molecule has 1 atom stereocenters. The molecule has 0 saturated carbocycles. The van der Waals surface area contributed by atoms with Crippen molar-refractivity contribution in [3.8, 4) is 0 Å². The molecule has 0 bridgehead atoms. The molecule has 1 fully saturated rings. The Labute approximate surface area is 132 Å². The van der Waals surface area contributed by atoms with Crippen LogP contribution in [0.2, 0.25) is 0 Å². The molecule has 0 aromatic carbocycles. The first-order valence-corrected chi connectivity index (χ1v) is 8.18. The number of hydrogen-bond acceptors (Lipinski definition) is 5. The normalized spacial score (nSPS) is 18.5. The van der Waals surface area contributed by atoms with Gasteiger partial charge in [0, 0.05) is 43.2 Å². The van der Waals surface area contributed by atoms with Gasteiger partial charge in [-0.15, -0.1) is 11.3 Å². The van der Waals surface area contributed by atoms with E-state index in [2.05, 4.69) is 10.1 Å². The van der Waals surface area contributed by atoms with E-state index in [4.69, 9.17) is 0 Å². The first kappa shape index (κ1) is 14.9. The zero-order valence-corrected chi connectivity index (χ0v) is 13.5. The van der Waals surface area contributed by atoms with E-state index in [9.17, 15) is 9.59 Å². The van der Waals surface area contributed by atoms with Crippen LogP contribution in [0.4, 0.5) is 0 Å². The Kier molecular flexibility index (Phi) is 4.06. The van der Waals surface area contributed by atoms with Gasteiger partial charge in [-0.3, -0.25) is 9.59 Å². The van der Waals surface area contributed by atoms with E-state index in [0.29, 0.717) is 18.2 Å². The third kappa shape index (κ3) is 2.94. The molecule has 0 spiro atoms. The van der Waals surface area contributed by atoms with Crippen molar-refractivity contribution < 1.29 is 4.79 Å². The highest BCUT2D eigenvalue weighted by molar-refractivity contribution is 7.09. The minimum Gasteiger partial charge on any atom is -0.337 e. The summed E-state index contributed by atoms with van der Waals surface area (Å²) in [5.41, 5.74) is 1.13. The minimum atomic E-state index is -0.216. The number of rotatable bonds is 2. The maximum Gasteiger partial charge on any atom is 0.274 e. The Morgan fingerprint density at radius 1 is 1.41 bits per heavy atom. The predicted octanol–water partition coefficient (Wildman–Crippen LogP) is 1.57. The number of carbonyl (C=O) groups is 1. The van der Waals surface area contributed by atoms with Crippen LogP contribution in [0.1, 0.15) is 39.9 Å². The molecule has 0 radical (unpaired) electrons. The fourth-order valence-electron chi connectivity index (χ4n) is 2.70. The van der Waals surface area contributed by atoms with Crippen LogP contribution in [0.3, 0.4) is 0 Å². The van der Waals surface area contributed by atoms with Gasteiger partial charge in [0.2, 0.25) is 0 Å². The molecule has 116 valence electrons. The van der Waals surface area contributed by atoms with Crippen molar-refractivity contribution in [1.29, 1.82) is 0 Å². The average molecular weight is 318 g/mol. The third-order valence-corrected chi connectivity index (χ3v) is 5.00. The number of hydrogen-bond donors (Lipinski definition) is 0. The molecule has 1 amide bonds. The van der Waals surface area contributed by atoms with E-state index in [0.717, 1.165) is 30.1 Å². The Balaban J connectivity index is 1.77. The number of amides is 1. The number of aromatic nitrogens is 3. The van der Waals surface area contributed by atoms with E-state index in [1.165, 1.54) is 16.8 Å². The lowest BCUT2D eigenvalue weighted by Gasteiger charge is -2.31. The quantitative estimate of drug-likeness (QED) is 0.843. The van der Waals surface area contributed by atoms with Crippen LogP contribution in [-0.4, -0.2) is 38.7 Å². The Hall–Kier alpha value is -2.02. The molecule has 22 heavy (non-hydrogen) atoms. The van der Waals surface area contributed by atoms with Crippen molar-refractivity contribution in [3.63, 3.8) is 0 Å². The van der Waals surface area contributed by atoms with E-state index < -0.39 is 0 Å². The molecular weight excluding hydrogens is 300 g/mol. The molecule has 1 aliphatic rings. The average Bonchev–Trinajstić information content (AvgIpc) is 2.96. The second kappa shape index (κ2) is 6.00. The monoisotopic (exact) mass is 318 g/mol. The number of likely N-dealkylation sites (tertiary alicyclic amines) is 1. The van der Waals surface area contributed by atoms with Crippen LogP contribution >= 0.6 is 11.3 Å². The summed E-state index contributed by atoms with van der Waals surface area (Å²) in [7, 11) is 1.55. The Morgan fingerprint density at radius 3 is 2.91 bits per heavy atom. The first-order chi connectivity index (χ1) is 10.5. The van der Waals surface area contributed by atoms with Crippen molar-refractivity contribution in [2.24, 2.45) is 7.05 Å². The molecule has 0 N–H and O–H groups in total. The molecular formula is C15H18N4O2S. The molecule has 7 heteroatoms. The number of piperidine rings is 1. The third-order valence-electron chi connectivity index (χ3n) is 3.87. The largest absolute Gasteiger partial charge is 0.337 e. The summed E-state index contributed by atoms with van der Waals surface area (Å²) in [6.45, 7) is 3.38. The second-order valence-corrected chi connectivity index (χ2v) is 6.49. The van der Waals surface area contributed by atoms with Crippen LogP contribution in [0.15, 0.2) is 22.3 Å². The molecule has 0 aliphatic carbocycles. The Morgan fingerprint density at radius 2 is 2.23 bits per heavy atom. The highest BCUT2D eigenvalue weighted by Crippen LogP contribution is 2.29. The van der Waals surface area contributed by atoms with Gasteiger partial charge < -0.3 is 4.90 Å². The van der Waals surface area contributed by atoms with Gasteiger partial charge in [-0.1, -0.05) is 0 Å². The molecule has 1 aliphatic heterocycles. The fourth-order valence-corrected chi connectivity index (χ4v) is 3.63. The van der Waals surface area contributed by atoms with Gasteiger partial charge in [0.1, 0.15) is 5.69 Å². The lowest BCUT2D eigenvalue weighted by Crippen LogP contribution is -2.40. The lowest BCUT2D eigenvalue weighted by atomic mass is 9.98. The van der Waals surface area contributed by atoms with Gasteiger partial charge in [0.05, 0.1) is 5.01 Å². The predicted molar refractivity (Wildman–Crippen MR) is 84.2 cm³/mol. The summed E-state index contributed by atoms with van der Waals surface area (Å²) < 4.78 is 1.19. The van der Waals surface area contributed by atoms with Gasteiger partial charge in [-0.2, -0.15) is 5.10 Å². The maximum absolute atomic E-state index is 12.6. The maximum atomic E-state index is 12.6. The van der Waals surface area contributed by atoms with Crippen molar-refractivity contribution in [1.82, 2.24) is 19.7 Å². The smallest absolute Gasteiger partial charge is 0.274 e. The van der Waals surface area contributed by atoms with Crippen molar-refractivity contribution in [2.75, 3.05) is 13.1 Å². The van der Waals surface area contributed by atoms with Crippen LogP contribution in [0.25, 0.3) is 0 Å². The number of nitrogens with zero attached hydrogens (tertiary/aromatic N) is 4. The van der Waals surface area contributed by atoms with Gasteiger partial charge in [0.25, 0.3) is 11.5 Å². The summed E-state index contributed by atoms with van der Waals surface area (Å²) in [5, 5.41) is 7.20. The summed E-state index contributed by atoms with van der Waals surface area (Å²) in [6, 6.07) is 2.88. The lowest BCUT2D eigenvalue weighted by molar-refractivity contribution is 0.0698. The first-order valence-electron chi connectivity index (χ1n) is 7.30. The van der Waals surface area contributed by atoms with Crippen molar-refractivity contribution in [2.45, 2.75) is 25.7 Å². The zero-order chi connectivity index (χ0) is 15.7. The van der Waals surface area contributed by atoms with E-state index >= 15 is 0 Å². The molecule has 2 aromatic heterocycles. The van der Waals surface area contributed by atoms with Gasteiger partial charge in [-0.25, -0.2) is 9.67 Å². The van der Waals surface area contributed by atoms with Crippen LogP contribution < -0.4 is 5.56 Å². The summed E-state index contributed by atoms with van der Waals surface area (Å²) in [4.78, 5) is 30.3. The summed E-state index contributed by atoms with van der Waals surface area (Å²) in [6.07, 6.45) is 2.01. The Bertz CT molecular complexity index is 752. The van der Waals surface area contributed by atoms with Crippen LogP contribution in [0, 0.1) is 6.92 Å². The summed E-state index contributed by atoms with van der Waals surface area (Å²) >= 11 is 1.66. The number of carbonyl (C=O) groups excluding carboxylic acids is 1. The highest BCUT2D eigenvalue weighted by Gasteiger charge is 2.27. The molecule has 6 nitrogen and oxygen atoms in total. The van der Waals surface area contributed by atoms with Crippen molar-refractivity contribution in [3.05, 3.63) is 44.3 Å². The van der Waals surface area contributed by atoms with Gasteiger partial charge >= 0.3 is 0 Å². The van der Waals surface area contributed by atoms with Crippen LogP contribution in [-0.2, 0) is 7.05 Å². The molecule has 3 rings (SSSR count). The number of aryl methyl sites for hydroxylation is 2. The van der Waals surface area contributed by atoms with E-state index in [1.54, 1.807) is 18.4 Å². The van der Waals surface area contributed by atoms with Crippen LogP contribution in [0.5, 0.6) is 0 Å². The van der Waals surface area contributed by atoms with E-state index in [1.807, 2.05) is 17.2 Å². The van der Waals surface area contributed by atoms with E-state index in [-0.39, 0.29) is 11.5 Å².